The average Bonchev–Trinajstić information content (AvgIpc) is 2.74. The van der Waals surface area contributed by atoms with Crippen LogP contribution in [0.4, 0.5) is 0 Å². The van der Waals surface area contributed by atoms with Gasteiger partial charge in [-0.2, -0.15) is 11.3 Å². The number of hydrogen-bond donors (Lipinski definition) is 1. The van der Waals surface area contributed by atoms with Crippen LogP contribution < -0.4 is 0 Å². The quantitative estimate of drug-likeness (QED) is 0.769. The monoisotopic (exact) mass is 181 g/mol. The second kappa shape index (κ2) is 3.08. The molecule has 0 saturated carbocycles. The fourth-order valence-corrected chi connectivity index (χ4v) is 1.65. The normalized spacial score (nSPS) is 10.4. The van der Waals surface area contributed by atoms with Crippen LogP contribution in [0.1, 0.15) is 5.69 Å². The highest BCUT2D eigenvalue weighted by atomic mass is 32.1. The molecule has 2 rings (SSSR count). The predicted molar refractivity (Wildman–Crippen MR) is 45.7 cm³/mol. The van der Waals surface area contributed by atoms with Crippen molar-refractivity contribution < 1.29 is 9.52 Å². The molecule has 0 fully saturated rings. The maximum absolute atomic E-state index is 8.89. The highest BCUT2D eigenvalue weighted by Crippen LogP contribution is 2.24. The molecule has 0 aliphatic carbocycles. The van der Waals surface area contributed by atoms with Gasteiger partial charge in [-0.1, -0.05) is 0 Å². The van der Waals surface area contributed by atoms with Crippen LogP contribution in [-0.4, -0.2) is 10.1 Å². The topological polar surface area (TPSA) is 46.3 Å². The SMILES string of the molecule is OCc1ncoc1-c1ccsc1. The Kier molecular flexibility index (Phi) is 1.93. The summed E-state index contributed by atoms with van der Waals surface area (Å²) in [6.07, 6.45) is 1.35. The Bertz CT molecular complexity index is 353. The van der Waals surface area contributed by atoms with Gasteiger partial charge in [0.25, 0.3) is 0 Å². The molecule has 0 spiro atoms. The number of aliphatic hydroxyl groups is 1. The van der Waals surface area contributed by atoms with Crippen molar-refractivity contribution in [1.29, 1.82) is 0 Å². The molecule has 4 heteroatoms. The van der Waals surface area contributed by atoms with Crippen LogP contribution in [0.15, 0.2) is 27.6 Å². The molecule has 0 amide bonds. The Morgan fingerprint density at radius 1 is 1.58 bits per heavy atom. The van der Waals surface area contributed by atoms with Crippen LogP contribution >= 0.6 is 11.3 Å². The molecule has 12 heavy (non-hydrogen) atoms. The van der Waals surface area contributed by atoms with Gasteiger partial charge >= 0.3 is 0 Å². The number of hydrogen-bond acceptors (Lipinski definition) is 4. The molecule has 0 radical (unpaired) electrons. The number of oxazole rings is 1. The van der Waals surface area contributed by atoms with Gasteiger partial charge in [-0.05, 0) is 11.4 Å². The lowest BCUT2D eigenvalue weighted by molar-refractivity contribution is 0.277. The van der Waals surface area contributed by atoms with E-state index < -0.39 is 0 Å². The molecule has 3 nitrogen and oxygen atoms in total. The van der Waals surface area contributed by atoms with Crippen molar-refractivity contribution in [2.45, 2.75) is 6.61 Å². The zero-order valence-corrected chi connectivity index (χ0v) is 7.04. The second-order valence-electron chi connectivity index (χ2n) is 2.30. The van der Waals surface area contributed by atoms with Gasteiger partial charge in [0.15, 0.2) is 12.2 Å². The van der Waals surface area contributed by atoms with Crippen LogP contribution in [0.5, 0.6) is 0 Å². The molecule has 0 unspecified atom stereocenters. The minimum absolute atomic E-state index is 0.0817. The summed E-state index contributed by atoms with van der Waals surface area (Å²) in [4.78, 5) is 3.88. The van der Waals surface area contributed by atoms with Gasteiger partial charge in [-0.3, -0.25) is 0 Å². The maximum Gasteiger partial charge on any atom is 0.181 e. The third-order valence-electron chi connectivity index (χ3n) is 1.57. The largest absolute Gasteiger partial charge is 0.443 e. The molecule has 0 aromatic carbocycles. The Morgan fingerprint density at radius 3 is 3.17 bits per heavy atom. The van der Waals surface area contributed by atoms with Crippen molar-refractivity contribution in [2.24, 2.45) is 0 Å². The van der Waals surface area contributed by atoms with Crippen molar-refractivity contribution >= 4 is 11.3 Å². The van der Waals surface area contributed by atoms with Crippen LogP contribution in [0.3, 0.4) is 0 Å². The van der Waals surface area contributed by atoms with Crippen molar-refractivity contribution in [1.82, 2.24) is 4.98 Å². The highest BCUT2D eigenvalue weighted by molar-refractivity contribution is 7.08. The smallest absolute Gasteiger partial charge is 0.181 e. The summed E-state index contributed by atoms with van der Waals surface area (Å²) in [6.45, 7) is -0.0817. The van der Waals surface area contributed by atoms with E-state index in [0.717, 1.165) is 5.56 Å². The maximum atomic E-state index is 8.89. The van der Waals surface area contributed by atoms with Crippen molar-refractivity contribution in [3.8, 4) is 11.3 Å². The number of aromatic nitrogens is 1. The molecule has 0 saturated heterocycles. The Balaban J connectivity index is 2.46. The van der Waals surface area contributed by atoms with Crippen molar-refractivity contribution in [2.75, 3.05) is 0 Å². The summed E-state index contributed by atoms with van der Waals surface area (Å²) in [5, 5.41) is 12.8. The van der Waals surface area contributed by atoms with Gasteiger partial charge in [-0.25, -0.2) is 4.98 Å². The first kappa shape index (κ1) is 7.52. The summed E-state index contributed by atoms with van der Waals surface area (Å²) in [5.74, 6) is 0.666. The van der Waals surface area contributed by atoms with Gasteiger partial charge < -0.3 is 9.52 Å². The lowest BCUT2D eigenvalue weighted by Gasteiger charge is -1.92. The first-order chi connectivity index (χ1) is 5.92. The molecule has 1 N–H and O–H groups in total. The number of rotatable bonds is 2. The predicted octanol–water partition coefficient (Wildman–Crippen LogP) is 1.90. The third-order valence-corrected chi connectivity index (χ3v) is 2.26. The van der Waals surface area contributed by atoms with E-state index in [9.17, 15) is 0 Å². The van der Waals surface area contributed by atoms with Gasteiger partial charge in [-0.15, -0.1) is 0 Å². The van der Waals surface area contributed by atoms with Gasteiger partial charge in [0.2, 0.25) is 0 Å². The molecule has 0 aliphatic rings. The Morgan fingerprint density at radius 2 is 2.50 bits per heavy atom. The minimum Gasteiger partial charge on any atom is -0.443 e. The van der Waals surface area contributed by atoms with Crippen LogP contribution in [0, 0.1) is 0 Å². The molecule has 0 atom stereocenters. The Labute approximate surface area is 73.3 Å². The lowest BCUT2D eigenvalue weighted by atomic mass is 10.2. The summed E-state index contributed by atoms with van der Waals surface area (Å²) >= 11 is 1.59. The summed E-state index contributed by atoms with van der Waals surface area (Å²) in [7, 11) is 0. The molecule has 0 bridgehead atoms. The fourth-order valence-electron chi connectivity index (χ4n) is 1.01. The first-order valence-electron chi connectivity index (χ1n) is 3.47. The summed E-state index contributed by atoms with van der Waals surface area (Å²) in [6, 6.07) is 1.93. The first-order valence-corrected chi connectivity index (χ1v) is 4.42. The van der Waals surface area contributed by atoms with E-state index >= 15 is 0 Å². The van der Waals surface area contributed by atoms with E-state index in [1.54, 1.807) is 11.3 Å². The summed E-state index contributed by atoms with van der Waals surface area (Å²) < 4.78 is 5.14. The van der Waals surface area contributed by atoms with Crippen molar-refractivity contribution in [3.63, 3.8) is 0 Å². The van der Waals surface area contributed by atoms with Crippen LogP contribution in [-0.2, 0) is 6.61 Å². The number of aliphatic hydroxyl groups excluding tert-OH is 1. The van der Waals surface area contributed by atoms with Crippen LogP contribution in [0.25, 0.3) is 11.3 Å². The number of thiophene rings is 1. The van der Waals surface area contributed by atoms with E-state index in [-0.39, 0.29) is 6.61 Å². The van der Waals surface area contributed by atoms with E-state index in [2.05, 4.69) is 4.98 Å². The minimum atomic E-state index is -0.0817. The molecular weight excluding hydrogens is 174 g/mol. The standard InChI is InChI=1S/C8H7NO2S/c10-3-7-8(11-5-9-7)6-1-2-12-4-6/h1-2,4-5,10H,3H2. The van der Waals surface area contributed by atoms with Crippen LogP contribution in [0.2, 0.25) is 0 Å². The molecule has 2 heterocycles. The van der Waals surface area contributed by atoms with Crippen molar-refractivity contribution in [3.05, 3.63) is 28.9 Å². The Hall–Kier alpha value is -1.13. The molecule has 62 valence electrons. The van der Waals surface area contributed by atoms with Gasteiger partial charge in [0.1, 0.15) is 5.69 Å². The third kappa shape index (κ3) is 1.15. The van der Waals surface area contributed by atoms with E-state index in [1.165, 1.54) is 6.39 Å². The number of nitrogens with zero attached hydrogens (tertiary/aromatic N) is 1. The van der Waals surface area contributed by atoms with Gasteiger partial charge in [0.05, 0.1) is 6.61 Å². The molecule has 0 aliphatic heterocycles. The summed E-state index contributed by atoms with van der Waals surface area (Å²) in [5.41, 5.74) is 1.56. The van der Waals surface area contributed by atoms with E-state index in [4.69, 9.17) is 9.52 Å². The molecule has 2 aromatic rings. The highest BCUT2D eigenvalue weighted by Gasteiger charge is 2.08. The second-order valence-corrected chi connectivity index (χ2v) is 3.08. The molecule has 2 aromatic heterocycles. The lowest BCUT2D eigenvalue weighted by Crippen LogP contribution is -1.84. The van der Waals surface area contributed by atoms with Gasteiger partial charge in [0, 0.05) is 10.9 Å². The average molecular weight is 181 g/mol. The fraction of sp³-hybridized carbons (Fsp3) is 0.125. The van der Waals surface area contributed by atoms with E-state index in [0.29, 0.717) is 11.5 Å². The van der Waals surface area contributed by atoms with E-state index in [1.807, 2.05) is 16.8 Å². The molecular formula is C8H7NO2S. The zero-order valence-electron chi connectivity index (χ0n) is 6.23. The zero-order chi connectivity index (χ0) is 8.39.